The summed E-state index contributed by atoms with van der Waals surface area (Å²) in [5.41, 5.74) is 0. The Morgan fingerprint density at radius 3 is 2.63 bits per heavy atom. The van der Waals surface area contributed by atoms with Crippen LogP contribution in [0.4, 0.5) is 13.2 Å². The van der Waals surface area contributed by atoms with Gasteiger partial charge in [-0.05, 0) is 19.4 Å². The molecule has 0 aliphatic carbocycles. The number of nitrogens with one attached hydrogen (secondary N) is 2. The number of alkyl halides is 3. The van der Waals surface area contributed by atoms with Gasteiger partial charge in [0.05, 0.1) is 0 Å². The Hall–Kier alpha value is -1.57. The normalized spacial score (nSPS) is 20.3. The lowest BCUT2D eigenvalue weighted by Gasteiger charge is -2.17. The molecule has 0 saturated carbocycles. The molecule has 8 heteroatoms. The molecule has 0 unspecified atom stereocenters. The third kappa shape index (κ3) is 5.29. The third-order valence-corrected chi connectivity index (χ3v) is 2.58. The van der Waals surface area contributed by atoms with Gasteiger partial charge in [0.1, 0.15) is 0 Å². The van der Waals surface area contributed by atoms with Gasteiger partial charge in [0.15, 0.2) is 5.76 Å². The average Bonchev–Trinajstić information content (AvgIpc) is 2.56. The average molecular weight is 280 g/mol. The maximum absolute atomic E-state index is 11.9. The van der Waals surface area contributed by atoms with Gasteiger partial charge in [0, 0.05) is 12.6 Å². The number of carbonyl (C=O) groups excluding carboxylic acids is 2. The van der Waals surface area contributed by atoms with Crippen molar-refractivity contribution in [3.8, 4) is 0 Å². The first-order valence-electron chi connectivity index (χ1n) is 5.80. The summed E-state index contributed by atoms with van der Waals surface area (Å²) in [5, 5.41) is 5.54. The van der Waals surface area contributed by atoms with Crippen molar-refractivity contribution >= 4 is 11.9 Å². The van der Waals surface area contributed by atoms with Crippen molar-refractivity contribution in [2.24, 2.45) is 0 Å². The minimum Gasteiger partial charge on any atom is -0.415 e. The zero-order valence-electron chi connectivity index (χ0n) is 10.2. The van der Waals surface area contributed by atoms with Crippen LogP contribution < -0.4 is 10.6 Å². The molecule has 1 aliphatic heterocycles. The summed E-state index contributed by atoms with van der Waals surface area (Å²) >= 11 is 0. The minimum absolute atomic E-state index is 0.212. The number of ether oxygens (including phenoxy) is 1. The molecule has 0 aromatic rings. The second-order valence-electron chi connectivity index (χ2n) is 4.18. The van der Waals surface area contributed by atoms with E-state index >= 15 is 0 Å². The lowest BCUT2D eigenvalue weighted by molar-refractivity contribution is -0.195. The van der Waals surface area contributed by atoms with E-state index in [2.05, 4.69) is 21.9 Å². The van der Waals surface area contributed by atoms with Crippen LogP contribution in [0.3, 0.4) is 0 Å². The highest BCUT2D eigenvalue weighted by atomic mass is 19.4. The van der Waals surface area contributed by atoms with Crippen molar-refractivity contribution in [3.63, 3.8) is 0 Å². The van der Waals surface area contributed by atoms with Crippen LogP contribution in [0.15, 0.2) is 12.3 Å². The number of hydrogen-bond donors (Lipinski definition) is 2. The van der Waals surface area contributed by atoms with Crippen molar-refractivity contribution in [2.45, 2.75) is 31.5 Å². The molecular formula is C11H15F3N2O3. The largest absolute Gasteiger partial charge is 0.491 e. The van der Waals surface area contributed by atoms with Crippen LogP contribution >= 0.6 is 0 Å². The Kier molecular flexibility index (Phi) is 5.34. The topological polar surface area (TPSA) is 67.4 Å². The summed E-state index contributed by atoms with van der Waals surface area (Å²) in [6.45, 7) is 4.37. The van der Waals surface area contributed by atoms with E-state index in [1.807, 2.05) is 0 Å². The van der Waals surface area contributed by atoms with E-state index in [9.17, 15) is 22.8 Å². The van der Waals surface area contributed by atoms with Gasteiger partial charge < -0.3 is 15.4 Å². The Morgan fingerprint density at radius 2 is 2.00 bits per heavy atom. The van der Waals surface area contributed by atoms with Crippen molar-refractivity contribution in [1.82, 2.24) is 10.6 Å². The molecule has 1 saturated heterocycles. The van der Waals surface area contributed by atoms with Crippen molar-refractivity contribution in [1.29, 1.82) is 0 Å². The second kappa shape index (κ2) is 6.55. The fourth-order valence-electron chi connectivity index (χ4n) is 1.62. The molecule has 1 heterocycles. The zero-order chi connectivity index (χ0) is 14.5. The predicted molar refractivity (Wildman–Crippen MR) is 59.9 cm³/mol. The number of hydrogen-bond acceptors (Lipinski definition) is 4. The molecule has 5 nitrogen and oxygen atoms in total. The fraction of sp³-hybridized carbons (Fsp3) is 0.636. The quantitative estimate of drug-likeness (QED) is 0.457. The standard InChI is InChI=1S/C11H15F3N2O3/c1-7(19-10(18)11(12,13)14)9(17)16-8-4-2-3-5-15-6-8/h8,15H,1-6H2,(H,16,17)/t8-/m0/s1. The van der Waals surface area contributed by atoms with E-state index in [0.717, 1.165) is 19.4 Å². The van der Waals surface area contributed by atoms with E-state index in [0.29, 0.717) is 13.0 Å². The monoisotopic (exact) mass is 280 g/mol. The molecule has 0 radical (unpaired) electrons. The summed E-state index contributed by atoms with van der Waals surface area (Å²) < 4.78 is 39.6. The molecule has 1 rings (SSSR count). The maximum Gasteiger partial charge on any atom is 0.491 e. The predicted octanol–water partition coefficient (Wildman–Crippen LogP) is 0.864. The zero-order valence-corrected chi connectivity index (χ0v) is 10.2. The molecular weight excluding hydrogens is 265 g/mol. The molecule has 0 bridgehead atoms. The Bertz CT molecular complexity index is 361. The molecule has 108 valence electrons. The highest BCUT2D eigenvalue weighted by molar-refractivity contribution is 5.94. The van der Waals surface area contributed by atoms with Crippen LogP contribution in [-0.2, 0) is 14.3 Å². The Morgan fingerprint density at radius 1 is 1.32 bits per heavy atom. The van der Waals surface area contributed by atoms with Gasteiger partial charge >= 0.3 is 12.1 Å². The molecule has 0 aromatic heterocycles. The summed E-state index contributed by atoms with van der Waals surface area (Å²) in [7, 11) is 0. The first kappa shape index (κ1) is 15.5. The molecule has 1 amide bonds. The molecule has 1 aliphatic rings. The SMILES string of the molecule is C=C(OC(=O)C(F)(F)F)C(=O)N[C@H]1CCCCNC1. The maximum atomic E-state index is 11.9. The third-order valence-electron chi connectivity index (χ3n) is 2.58. The van der Waals surface area contributed by atoms with Gasteiger partial charge in [-0.2, -0.15) is 13.2 Å². The highest BCUT2D eigenvalue weighted by Gasteiger charge is 2.42. The number of esters is 1. The smallest absolute Gasteiger partial charge is 0.415 e. The van der Waals surface area contributed by atoms with Crippen LogP contribution in [0.2, 0.25) is 0 Å². The van der Waals surface area contributed by atoms with Crippen LogP contribution in [0.1, 0.15) is 19.3 Å². The number of amides is 1. The fourth-order valence-corrected chi connectivity index (χ4v) is 1.62. The van der Waals surface area contributed by atoms with Crippen molar-refractivity contribution in [3.05, 3.63) is 12.3 Å². The lowest BCUT2D eigenvalue weighted by atomic mass is 10.1. The molecule has 0 aromatic carbocycles. The van der Waals surface area contributed by atoms with Crippen LogP contribution in [0.5, 0.6) is 0 Å². The van der Waals surface area contributed by atoms with E-state index < -0.39 is 23.8 Å². The highest BCUT2D eigenvalue weighted by Crippen LogP contribution is 2.18. The van der Waals surface area contributed by atoms with E-state index in [-0.39, 0.29) is 6.04 Å². The molecule has 1 atom stereocenters. The van der Waals surface area contributed by atoms with E-state index in [4.69, 9.17) is 0 Å². The Labute approximate surface area is 108 Å². The van der Waals surface area contributed by atoms with Crippen LogP contribution in [0, 0.1) is 0 Å². The second-order valence-corrected chi connectivity index (χ2v) is 4.18. The van der Waals surface area contributed by atoms with Crippen LogP contribution in [-0.4, -0.2) is 37.2 Å². The van der Waals surface area contributed by atoms with Gasteiger partial charge in [-0.1, -0.05) is 13.0 Å². The lowest BCUT2D eigenvalue weighted by Crippen LogP contribution is -2.42. The first-order chi connectivity index (χ1) is 8.80. The summed E-state index contributed by atoms with van der Waals surface area (Å²) in [4.78, 5) is 22.0. The molecule has 0 spiro atoms. The van der Waals surface area contributed by atoms with Gasteiger partial charge in [0.25, 0.3) is 5.91 Å². The molecule has 1 fully saturated rings. The Balaban J connectivity index is 2.44. The van der Waals surface area contributed by atoms with E-state index in [1.54, 1.807) is 0 Å². The van der Waals surface area contributed by atoms with Gasteiger partial charge in [0.2, 0.25) is 0 Å². The minimum atomic E-state index is -5.15. The van der Waals surface area contributed by atoms with Gasteiger partial charge in [-0.25, -0.2) is 4.79 Å². The van der Waals surface area contributed by atoms with E-state index in [1.165, 1.54) is 0 Å². The number of carbonyl (C=O) groups is 2. The summed E-state index contributed by atoms with van der Waals surface area (Å²) in [5.74, 6) is -4.22. The summed E-state index contributed by atoms with van der Waals surface area (Å²) in [6.07, 6.45) is -2.57. The molecule has 2 N–H and O–H groups in total. The van der Waals surface area contributed by atoms with Gasteiger partial charge in [-0.15, -0.1) is 0 Å². The number of halogens is 3. The van der Waals surface area contributed by atoms with Crippen molar-refractivity contribution in [2.75, 3.05) is 13.1 Å². The van der Waals surface area contributed by atoms with Crippen LogP contribution in [0.25, 0.3) is 0 Å². The summed E-state index contributed by atoms with van der Waals surface area (Å²) in [6, 6.07) is -0.212. The van der Waals surface area contributed by atoms with Gasteiger partial charge in [-0.3, -0.25) is 4.79 Å². The molecule has 19 heavy (non-hydrogen) atoms. The first-order valence-corrected chi connectivity index (χ1v) is 5.80. The number of rotatable bonds is 3. The van der Waals surface area contributed by atoms with Crippen molar-refractivity contribution < 1.29 is 27.5 Å².